The van der Waals surface area contributed by atoms with E-state index in [4.69, 9.17) is 0 Å². The average Bonchev–Trinajstić information content (AvgIpc) is 3.47. The number of phenols is 1. The third-order valence-electron chi connectivity index (χ3n) is 4.25. The summed E-state index contributed by atoms with van der Waals surface area (Å²) in [5, 5.41) is 14.1. The zero-order valence-corrected chi connectivity index (χ0v) is 13.5. The molecule has 3 aromatic rings. The number of phenolic OH excluding ortho intramolecular Hbond substituents is 1. The van der Waals surface area contributed by atoms with Gasteiger partial charge in [-0.1, -0.05) is 18.2 Å². The van der Waals surface area contributed by atoms with Gasteiger partial charge in [-0.2, -0.15) is 5.10 Å². The van der Waals surface area contributed by atoms with Crippen molar-refractivity contribution in [3.05, 3.63) is 71.4 Å². The van der Waals surface area contributed by atoms with Crippen LogP contribution in [0, 0.1) is 0 Å². The molecule has 0 radical (unpaired) electrons. The van der Waals surface area contributed by atoms with Gasteiger partial charge in [0, 0.05) is 17.0 Å². The van der Waals surface area contributed by atoms with E-state index in [0.29, 0.717) is 11.5 Å². The molecule has 0 atom stereocenters. The van der Waals surface area contributed by atoms with Gasteiger partial charge < -0.3 is 5.11 Å². The van der Waals surface area contributed by atoms with E-state index in [1.165, 1.54) is 0 Å². The Morgan fingerprint density at radius 2 is 1.92 bits per heavy atom. The van der Waals surface area contributed by atoms with Gasteiger partial charge in [-0.15, -0.1) is 0 Å². The lowest BCUT2D eigenvalue weighted by molar-refractivity contribution is 0.0956. The van der Waals surface area contributed by atoms with Gasteiger partial charge in [0.1, 0.15) is 5.75 Å². The number of para-hydroxylation sites is 1. The van der Waals surface area contributed by atoms with Gasteiger partial charge in [0.15, 0.2) is 0 Å². The van der Waals surface area contributed by atoms with E-state index in [1.54, 1.807) is 30.5 Å². The average molecular weight is 331 g/mol. The number of nitrogens with one attached hydrogen (secondary N) is 1. The van der Waals surface area contributed by atoms with Crippen molar-refractivity contribution in [2.24, 2.45) is 5.10 Å². The number of benzene rings is 2. The number of carbonyl (C=O) groups is 1. The van der Waals surface area contributed by atoms with Crippen LogP contribution in [0.5, 0.6) is 5.75 Å². The lowest BCUT2D eigenvalue weighted by Gasteiger charge is -2.08. The van der Waals surface area contributed by atoms with Crippen molar-refractivity contribution in [2.75, 3.05) is 0 Å². The smallest absolute Gasteiger partial charge is 0.272 e. The number of fused-ring (bicyclic) bond motifs is 1. The molecule has 1 saturated carbocycles. The van der Waals surface area contributed by atoms with Crippen LogP contribution in [-0.2, 0) is 0 Å². The Hall–Kier alpha value is -3.21. The van der Waals surface area contributed by atoms with Crippen molar-refractivity contribution in [1.29, 1.82) is 0 Å². The minimum Gasteiger partial charge on any atom is -0.508 e. The van der Waals surface area contributed by atoms with E-state index >= 15 is 0 Å². The molecule has 124 valence electrons. The second-order valence-electron chi connectivity index (χ2n) is 6.18. The first kappa shape index (κ1) is 15.3. The van der Waals surface area contributed by atoms with E-state index in [2.05, 4.69) is 15.5 Å². The van der Waals surface area contributed by atoms with E-state index < -0.39 is 0 Å². The first-order chi connectivity index (χ1) is 12.2. The molecule has 5 heteroatoms. The summed E-state index contributed by atoms with van der Waals surface area (Å²) in [6.45, 7) is 0. The number of hydrogen-bond acceptors (Lipinski definition) is 4. The standard InChI is InChI=1S/C20H17N3O2/c24-15-9-5-13(6-10-15)12-21-23-20(25)17-11-19(14-7-8-14)22-18-4-2-1-3-16(17)18/h1-6,9-12,14,24H,7-8H2,(H,23,25)/b21-12-. The molecule has 0 unspecified atom stereocenters. The predicted octanol–water partition coefficient (Wildman–Crippen LogP) is 3.58. The first-order valence-corrected chi connectivity index (χ1v) is 8.23. The maximum Gasteiger partial charge on any atom is 0.272 e. The Labute approximate surface area is 145 Å². The normalized spacial score (nSPS) is 14.1. The highest BCUT2D eigenvalue weighted by Gasteiger charge is 2.26. The molecule has 1 aromatic heterocycles. The summed E-state index contributed by atoms with van der Waals surface area (Å²) >= 11 is 0. The molecule has 0 saturated heterocycles. The van der Waals surface area contributed by atoms with E-state index in [9.17, 15) is 9.90 Å². The highest BCUT2D eigenvalue weighted by molar-refractivity contribution is 6.06. The number of hydrogen-bond donors (Lipinski definition) is 2. The topological polar surface area (TPSA) is 74.6 Å². The molecule has 1 aliphatic rings. The van der Waals surface area contributed by atoms with Crippen LogP contribution in [0.1, 0.15) is 40.4 Å². The van der Waals surface area contributed by atoms with E-state index in [-0.39, 0.29) is 11.7 Å². The summed E-state index contributed by atoms with van der Waals surface area (Å²) < 4.78 is 0. The molecule has 25 heavy (non-hydrogen) atoms. The van der Waals surface area contributed by atoms with Crippen molar-refractivity contribution in [3.8, 4) is 5.75 Å². The number of pyridine rings is 1. The SMILES string of the molecule is O=C(N/N=C\c1ccc(O)cc1)c1cc(C2CC2)nc2ccccc12. The molecule has 2 N–H and O–H groups in total. The van der Waals surface area contributed by atoms with Gasteiger partial charge in [-0.3, -0.25) is 9.78 Å². The maximum atomic E-state index is 12.6. The quantitative estimate of drug-likeness (QED) is 0.567. The number of hydrazone groups is 1. The minimum absolute atomic E-state index is 0.192. The van der Waals surface area contributed by atoms with Crippen LogP contribution in [0.2, 0.25) is 0 Å². The summed E-state index contributed by atoms with van der Waals surface area (Å²) in [4.78, 5) is 17.3. The first-order valence-electron chi connectivity index (χ1n) is 8.23. The summed E-state index contributed by atoms with van der Waals surface area (Å²) in [7, 11) is 0. The molecule has 1 aliphatic carbocycles. The van der Waals surface area contributed by atoms with Crippen molar-refractivity contribution < 1.29 is 9.90 Å². The van der Waals surface area contributed by atoms with E-state index in [0.717, 1.165) is 35.0 Å². The number of carbonyl (C=O) groups excluding carboxylic acids is 1. The van der Waals surface area contributed by atoms with Crippen LogP contribution in [0.3, 0.4) is 0 Å². The van der Waals surface area contributed by atoms with Crippen LogP contribution in [0.4, 0.5) is 0 Å². The largest absolute Gasteiger partial charge is 0.508 e. The van der Waals surface area contributed by atoms with Gasteiger partial charge >= 0.3 is 0 Å². The maximum absolute atomic E-state index is 12.6. The second-order valence-corrected chi connectivity index (χ2v) is 6.18. The highest BCUT2D eigenvalue weighted by atomic mass is 16.3. The van der Waals surface area contributed by atoms with Gasteiger partial charge in [0.05, 0.1) is 17.3 Å². The second kappa shape index (κ2) is 6.36. The molecule has 5 nitrogen and oxygen atoms in total. The van der Waals surface area contributed by atoms with Gasteiger partial charge in [0.2, 0.25) is 0 Å². The monoisotopic (exact) mass is 331 g/mol. The summed E-state index contributed by atoms with van der Waals surface area (Å²) in [5.74, 6) is 0.407. The third-order valence-corrected chi connectivity index (χ3v) is 4.25. The summed E-state index contributed by atoms with van der Waals surface area (Å²) in [6, 6.07) is 16.1. The zero-order chi connectivity index (χ0) is 17.2. The Morgan fingerprint density at radius 1 is 1.16 bits per heavy atom. The molecular formula is C20H17N3O2. The number of aromatic nitrogens is 1. The number of rotatable bonds is 4. The van der Waals surface area contributed by atoms with Gasteiger partial charge in [-0.05, 0) is 54.8 Å². The fourth-order valence-electron chi connectivity index (χ4n) is 2.76. The number of nitrogens with zero attached hydrogens (tertiary/aromatic N) is 2. The highest BCUT2D eigenvalue weighted by Crippen LogP contribution is 2.40. The molecule has 1 heterocycles. The zero-order valence-electron chi connectivity index (χ0n) is 13.5. The van der Waals surface area contributed by atoms with Crippen molar-refractivity contribution in [2.45, 2.75) is 18.8 Å². The number of amides is 1. The fraction of sp³-hybridized carbons (Fsp3) is 0.150. The molecule has 1 amide bonds. The van der Waals surface area contributed by atoms with Crippen LogP contribution < -0.4 is 5.43 Å². The van der Waals surface area contributed by atoms with Crippen molar-refractivity contribution in [1.82, 2.24) is 10.4 Å². The molecular weight excluding hydrogens is 314 g/mol. The molecule has 0 aliphatic heterocycles. The summed E-state index contributed by atoms with van der Waals surface area (Å²) in [5.41, 5.74) is 5.77. The minimum atomic E-state index is -0.254. The lowest BCUT2D eigenvalue weighted by Crippen LogP contribution is -2.18. The Kier molecular flexibility index (Phi) is 3.90. The van der Waals surface area contributed by atoms with Crippen LogP contribution >= 0.6 is 0 Å². The molecule has 0 bridgehead atoms. The fourth-order valence-corrected chi connectivity index (χ4v) is 2.76. The van der Waals surface area contributed by atoms with Gasteiger partial charge in [-0.25, -0.2) is 5.43 Å². The molecule has 0 spiro atoms. The van der Waals surface area contributed by atoms with Crippen molar-refractivity contribution in [3.63, 3.8) is 0 Å². The van der Waals surface area contributed by atoms with Crippen molar-refractivity contribution >= 4 is 23.0 Å². The van der Waals surface area contributed by atoms with E-state index in [1.807, 2.05) is 30.3 Å². The van der Waals surface area contributed by atoms with Crippen LogP contribution in [-0.4, -0.2) is 22.2 Å². The lowest BCUT2D eigenvalue weighted by atomic mass is 10.1. The molecule has 2 aromatic carbocycles. The van der Waals surface area contributed by atoms with Gasteiger partial charge in [0.25, 0.3) is 5.91 Å². The summed E-state index contributed by atoms with van der Waals surface area (Å²) in [6.07, 6.45) is 3.80. The van der Waals surface area contributed by atoms with Crippen LogP contribution in [0.25, 0.3) is 10.9 Å². The molecule has 4 rings (SSSR count). The number of aromatic hydroxyl groups is 1. The predicted molar refractivity (Wildman–Crippen MR) is 96.9 cm³/mol. The van der Waals surface area contributed by atoms with Crippen LogP contribution in [0.15, 0.2) is 59.7 Å². The Balaban J connectivity index is 1.59. The Morgan fingerprint density at radius 3 is 2.68 bits per heavy atom. The Bertz CT molecular complexity index is 960. The third kappa shape index (κ3) is 3.35. The molecule has 1 fully saturated rings.